The van der Waals surface area contributed by atoms with Gasteiger partial charge in [-0.05, 0) is 17.7 Å². The van der Waals surface area contributed by atoms with Gasteiger partial charge in [0.05, 0.1) is 12.9 Å². The fourth-order valence-corrected chi connectivity index (χ4v) is 1.47. The molecule has 0 aliphatic heterocycles. The van der Waals surface area contributed by atoms with Crippen LogP contribution in [0.3, 0.4) is 0 Å². The predicted octanol–water partition coefficient (Wildman–Crippen LogP) is 0.530. The van der Waals surface area contributed by atoms with E-state index in [0.717, 1.165) is 11.6 Å². The second kappa shape index (κ2) is 4.79. The van der Waals surface area contributed by atoms with E-state index in [4.69, 9.17) is 5.73 Å². The van der Waals surface area contributed by atoms with Crippen LogP contribution in [0.1, 0.15) is 16.1 Å². The third kappa shape index (κ3) is 2.60. The molecule has 0 saturated carbocycles. The van der Waals surface area contributed by atoms with Crippen molar-refractivity contribution in [1.29, 1.82) is 0 Å². The van der Waals surface area contributed by atoms with Gasteiger partial charge in [-0.2, -0.15) is 0 Å². The van der Waals surface area contributed by atoms with Crippen LogP contribution in [0.15, 0.2) is 41.5 Å². The van der Waals surface area contributed by atoms with Gasteiger partial charge in [0.2, 0.25) is 0 Å². The Balaban J connectivity index is 2.27. The van der Waals surface area contributed by atoms with Crippen molar-refractivity contribution in [3.05, 3.63) is 64.1 Å². The Hall–Kier alpha value is -2.50. The van der Waals surface area contributed by atoms with E-state index < -0.39 is 5.91 Å². The maximum Gasteiger partial charge on any atom is 0.267 e. The molecule has 5 nitrogen and oxygen atoms in total. The lowest BCUT2D eigenvalue weighted by molar-refractivity contribution is 0.0995. The number of rotatable bonds is 3. The quantitative estimate of drug-likeness (QED) is 0.859. The van der Waals surface area contributed by atoms with Gasteiger partial charge in [0, 0.05) is 6.07 Å². The maximum absolute atomic E-state index is 12.7. The number of benzene rings is 1. The highest BCUT2D eigenvalue weighted by atomic mass is 19.1. The number of halogens is 1. The molecule has 0 atom stereocenters. The van der Waals surface area contributed by atoms with Gasteiger partial charge in [-0.25, -0.2) is 9.37 Å². The summed E-state index contributed by atoms with van der Waals surface area (Å²) in [7, 11) is 0. The van der Waals surface area contributed by atoms with Gasteiger partial charge in [0.25, 0.3) is 11.5 Å². The molecule has 0 unspecified atom stereocenters. The Bertz CT molecular complexity index is 635. The SMILES string of the molecule is NC(=O)c1cc(=O)n(Cc2ccc(F)cc2)cn1. The monoisotopic (exact) mass is 247 g/mol. The van der Waals surface area contributed by atoms with Crippen molar-refractivity contribution in [1.82, 2.24) is 9.55 Å². The number of primary amides is 1. The van der Waals surface area contributed by atoms with Gasteiger partial charge in [0.15, 0.2) is 0 Å². The van der Waals surface area contributed by atoms with Crippen molar-refractivity contribution in [3.8, 4) is 0 Å². The molecule has 0 radical (unpaired) electrons. The van der Waals surface area contributed by atoms with E-state index in [0.29, 0.717) is 0 Å². The molecule has 1 heterocycles. The van der Waals surface area contributed by atoms with Crippen molar-refractivity contribution >= 4 is 5.91 Å². The minimum atomic E-state index is -0.749. The van der Waals surface area contributed by atoms with Crippen molar-refractivity contribution in [3.63, 3.8) is 0 Å². The van der Waals surface area contributed by atoms with Crippen LogP contribution in [0.2, 0.25) is 0 Å². The van der Waals surface area contributed by atoms with E-state index >= 15 is 0 Å². The number of carbonyl (C=O) groups excluding carboxylic acids is 1. The lowest BCUT2D eigenvalue weighted by Crippen LogP contribution is -2.24. The molecule has 1 amide bonds. The van der Waals surface area contributed by atoms with Crippen molar-refractivity contribution in [2.45, 2.75) is 6.54 Å². The molecule has 92 valence electrons. The summed E-state index contributed by atoms with van der Waals surface area (Å²) in [4.78, 5) is 26.3. The van der Waals surface area contributed by atoms with Gasteiger partial charge in [-0.1, -0.05) is 12.1 Å². The van der Waals surface area contributed by atoms with Crippen molar-refractivity contribution in [2.75, 3.05) is 0 Å². The molecular formula is C12H10FN3O2. The fraction of sp³-hybridized carbons (Fsp3) is 0.0833. The van der Waals surface area contributed by atoms with Gasteiger partial charge in [-0.3, -0.25) is 14.2 Å². The summed E-state index contributed by atoms with van der Waals surface area (Å²) in [6.07, 6.45) is 1.24. The molecule has 0 aliphatic carbocycles. The molecule has 0 fully saturated rings. The van der Waals surface area contributed by atoms with Crippen molar-refractivity contribution in [2.24, 2.45) is 5.73 Å². The zero-order valence-corrected chi connectivity index (χ0v) is 9.34. The van der Waals surface area contributed by atoms with Crippen molar-refractivity contribution < 1.29 is 9.18 Å². The molecule has 18 heavy (non-hydrogen) atoms. The number of nitrogens with two attached hydrogens (primary N) is 1. The standard InChI is InChI=1S/C12H10FN3O2/c13-9-3-1-8(2-4-9)6-16-7-15-10(12(14)18)5-11(16)17/h1-5,7H,6H2,(H2,14,18). The average molecular weight is 247 g/mol. The third-order valence-electron chi connectivity index (χ3n) is 2.40. The molecule has 1 aromatic heterocycles. The maximum atomic E-state index is 12.7. The molecule has 0 aliphatic rings. The Labute approximate surface area is 102 Å². The smallest absolute Gasteiger partial charge is 0.267 e. The lowest BCUT2D eigenvalue weighted by Gasteiger charge is -2.05. The van der Waals surface area contributed by atoms with Crippen LogP contribution < -0.4 is 11.3 Å². The van der Waals surface area contributed by atoms with Crippen LogP contribution in [-0.4, -0.2) is 15.5 Å². The molecule has 0 saturated heterocycles. The van der Waals surface area contributed by atoms with Gasteiger partial charge in [0.1, 0.15) is 11.5 Å². The molecule has 2 N–H and O–H groups in total. The summed E-state index contributed by atoms with van der Waals surface area (Å²) >= 11 is 0. The number of nitrogens with zero attached hydrogens (tertiary/aromatic N) is 2. The second-order valence-electron chi connectivity index (χ2n) is 3.73. The molecule has 1 aromatic carbocycles. The van der Waals surface area contributed by atoms with E-state index in [1.54, 1.807) is 12.1 Å². The highest BCUT2D eigenvalue weighted by molar-refractivity contribution is 5.90. The van der Waals surface area contributed by atoms with Crippen LogP contribution in [0.4, 0.5) is 4.39 Å². The minimum Gasteiger partial charge on any atom is -0.364 e. The molecule has 2 rings (SSSR count). The third-order valence-corrected chi connectivity index (χ3v) is 2.40. The first-order valence-electron chi connectivity index (χ1n) is 5.17. The number of amides is 1. The summed E-state index contributed by atoms with van der Waals surface area (Å²) in [6.45, 7) is 0.255. The normalized spacial score (nSPS) is 10.3. The molecule has 0 bridgehead atoms. The zero-order valence-electron chi connectivity index (χ0n) is 9.34. The summed E-state index contributed by atoms with van der Waals surface area (Å²) in [5, 5.41) is 0. The van der Waals surface area contributed by atoms with Crippen LogP contribution in [-0.2, 0) is 6.54 Å². The summed E-state index contributed by atoms with van der Waals surface area (Å²) in [6, 6.07) is 6.84. The predicted molar refractivity (Wildman–Crippen MR) is 62.5 cm³/mol. The van der Waals surface area contributed by atoms with E-state index in [2.05, 4.69) is 4.98 Å². The topological polar surface area (TPSA) is 78.0 Å². The Kier molecular flexibility index (Phi) is 3.18. The Morgan fingerprint density at radius 2 is 2.00 bits per heavy atom. The largest absolute Gasteiger partial charge is 0.364 e. The number of aromatic nitrogens is 2. The summed E-state index contributed by atoms with van der Waals surface area (Å²) < 4.78 is 14.0. The van der Waals surface area contributed by atoms with E-state index in [-0.39, 0.29) is 23.6 Å². The summed E-state index contributed by atoms with van der Waals surface area (Å²) in [5.41, 5.74) is 5.31. The fourth-order valence-electron chi connectivity index (χ4n) is 1.47. The van der Waals surface area contributed by atoms with Gasteiger partial charge in [-0.15, -0.1) is 0 Å². The Morgan fingerprint density at radius 1 is 1.33 bits per heavy atom. The summed E-state index contributed by atoms with van der Waals surface area (Å²) in [5.74, 6) is -1.09. The minimum absolute atomic E-state index is 0.0737. The number of carbonyl (C=O) groups is 1. The first kappa shape index (κ1) is 12.0. The highest BCUT2D eigenvalue weighted by Gasteiger charge is 2.05. The highest BCUT2D eigenvalue weighted by Crippen LogP contribution is 2.03. The van der Waals surface area contributed by atoms with Gasteiger partial charge < -0.3 is 5.73 Å². The van der Waals surface area contributed by atoms with E-state index in [9.17, 15) is 14.0 Å². The van der Waals surface area contributed by atoms with Crippen LogP contribution in [0.25, 0.3) is 0 Å². The number of hydrogen-bond acceptors (Lipinski definition) is 3. The Morgan fingerprint density at radius 3 is 2.56 bits per heavy atom. The van der Waals surface area contributed by atoms with Crippen LogP contribution >= 0.6 is 0 Å². The first-order chi connectivity index (χ1) is 8.56. The van der Waals surface area contributed by atoms with E-state index in [1.165, 1.54) is 23.0 Å². The molecular weight excluding hydrogens is 237 g/mol. The molecule has 2 aromatic rings. The van der Waals surface area contributed by atoms with Crippen LogP contribution in [0, 0.1) is 5.82 Å². The van der Waals surface area contributed by atoms with Crippen LogP contribution in [0.5, 0.6) is 0 Å². The van der Waals surface area contributed by atoms with Gasteiger partial charge >= 0.3 is 0 Å². The molecule has 6 heteroatoms. The molecule has 0 spiro atoms. The lowest BCUT2D eigenvalue weighted by atomic mass is 10.2. The zero-order chi connectivity index (χ0) is 13.1. The number of hydrogen-bond donors (Lipinski definition) is 1. The van der Waals surface area contributed by atoms with E-state index in [1.807, 2.05) is 0 Å². The second-order valence-corrected chi connectivity index (χ2v) is 3.73. The first-order valence-corrected chi connectivity index (χ1v) is 5.17. The average Bonchev–Trinajstić information content (AvgIpc) is 2.34.